The Morgan fingerprint density at radius 3 is 2.15 bits per heavy atom. The summed E-state index contributed by atoms with van der Waals surface area (Å²) in [7, 11) is -3.30. The smallest absolute Gasteiger partial charge is 0.227 e. The SMILES string of the molecule is Cc1ccc(CC(=O)N2CCN(S(=O)(=O)CCc3ccccc3)CC2)cc1. The fourth-order valence-electron chi connectivity index (χ4n) is 3.23. The molecule has 0 aliphatic carbocycles. The molecule has 0 bridgehead atoms. The van der Waals surface area contributed by atoms with Crippen molar-refractivity contribution >= 4 is 15.9 Å². The molecule has 144 valence electrons. The lowest BCUT2D eigenvalue weighted by atomic mass is 10.1. The highest BCUT2D eigenvalue weighted by atomic mass is 32.2. The summed E-state index contributed by atoms with van der Waals surface area (Å²) in [5.41, 5.74) is 3.18. The molecule has 6 heteroatoms. The number of carbonyl (C=O) groups excluding carboxylic acids is 1. The van der Waals surface area contributed by atoms with Crippen LogP contribution in [0.3, 0.4) is 0 Å². The predicted molar refractivity (Wildman–Crippen MR) is 107 cm³/mol. The van der Waals surface area contributed by atoms with E-state index in [9.17, 15) is 13.2 Å². The van der Waals surface area contributed by atoms with Crippen molar-refractivity contribution in [2.75, 3.05) is 31.9 Å². The first-order valence-electron chi connectivity index (χ1n) is 9.29. The van der Waals surface area contributed by atoms with Gasteiger partial charge < -0.3 is 4.90 Å². The molecule has 0 atom stereocenters. The lowest BCUT2D eigenvalue weighted by Gasteiger charge is -2.34. The summed E-state index contributed by atoms with van der Waals surface area (Å²) in [5.74, 6) is 0.161. The third kappa shape index (κ3) is 5.40. The molecule has 1 aliphatic rings. The number of hydrogen-bond acceptors (Lipinski definition) is 3. The quantitative estimate of drug-likeness (QED) is 0.765. The van der Waals surface area contributed by atoms with E-state index in [4.69, 9.17) is 0 Å². The molecule has 3 rings (SSSR count). The molecule has 0 spiro atoms. The van der Waals surface area contributed by atoms with Gasteiger partial charge in [-0.15, -0.1) is 0 Å². The molecule has 5 nitrogen and oxygen atoms in total. The fraction of sp³-hybridized carbons (Fsp3) is 0.381. The van der Waals surface area contributed by atoms with Crippen molar-refractivity contribution in [1.82, 2.24) is 9.21 Å². The largest absolute Gasteiger partial charge is 0.340 e. The van der Waals surface area contributed by atoms with Gasteiger partial charge in [0.2, 0.25) is 15.9 Å². The van der Waals surface area contributed by atoms with Gasteiger partial charge in [-0.05, 0) is 24.5 Å². The van der Waals surface area contributed by atoms with E-state index in [0.29, 0.717) is 39.0 Å². The van der Waals surface area contributed by atoms with Crippen LogP contribution < -0.4 is 0 Å². The normalized spacial score (nSPS) is 15.7. The highest BCUT2D eigenvalue weighted by molar-refractivity contribution is 7.89. The average Bonchev–Trinajstić information content (AvgIpc) is 2.69. The third-order valence-electron chi connectivity index (χ3n) is 4.95. The van der Waals surface area contributed by atoms with Crippen molar-refractivity contribution in [1.29, 1.82) is 0 Å². The van der Waals surface area contributed by atoms with Crippen LogP contribution in [0.15, 0.2) is 54.6 Å². The lowest BCUT2D eigenvalue weighted by molar-refractivity contribution is -0.131. The van der Waals surface area contributed by atoms with Crippen LogP contribution in [0.5, 0.6) is 0 Å². The van der Waals surface area contributed by atoms with E-state index >= 15 is 0 Å². The van der Waals surface area contributed by atoms with E-state index in [1.54, 1.807) is 4.90 Å². The second-order valence-corrected chi connectivity index (χ2v) is 9.08. The standard InChI is InChI=1S/C21H26N2O3S/c1-18-7-9-20(10-8-18)17-21(24)22-12-14-23(15-13-22)27(25,26)16-11-19-5-3-2-4-6-19/h2-10H,11-17H2,1H3. The molecule has 1 fully saturated rings. The lowest BCUT2D eigenvalue weighted by Crippen LogP contribution is -2.51. The molecule has 1 saturated heterocycles. The second-order valence-electron chi connectivity index (χ2n) is 6.99. The van der Waals surface area contributed by atoms with Gasteiger partial charge in [-0.1, -0.05) is 60.2 Å². The van der Waals surface area contributed by atoms with Gasteiger partial charge in [0.25, 0.3) is 0 Å². The molecule has 1 heterocycles. The molecular weight excluding hydrogens is 360 g/mol. The Bertz CT molecular complexity index is 856. The van der Waals surface area contributed by atoms with Crippen LogP contribution in [0.2, 0.25) is 0 Å². The molecule has 27 heavy (non-hydrogen) atoms. The second kappa shape index (κ2) is 8.67. The van der Waals surface area contributed by atoms with Crippen LogP contribution in [-0.2, 0) is 27.7 Å². The van der Waals surface area contributed by atoms with Crippen molar-refractivity contribution in [2.45, 2.75) is 19.8 Å². The van der Waals surface area contributed by atoms with Crippen LogP contribution in [0, 0.1) is 6.92 Å². The maximum Gasteiger partial charge on any atom is 0.227 e. The van der Waals surface area contributed by atoms with E-state index < -0.39 is 10.0 Å². The number of carbonyl (C=O) groups is 1. The van der Waals surface area contributed by atoms with Crippen LogP contribution in [-0.4, -0.2) is 55.5 Å². The van der Waals surface area contributed by atoms with Crippen molar-refractivity contribution in [3.63, 3.8) is 0 Å². The predicted octanol–water partition coefficient (Wildman–Crippen LogP) is 2.25. The Morgan fingerprint density at radius 1 is 0.889 bits per heavy atom. The summed E-state index contributed by atoms with van der Waals surface area (Å²) in [6.07, 6.45) is 0.872. The molecule has 1 amide bonds. The van der Waals surface area contributed by atoms with Gasteiger partial charge in [0.15, 0.2) is 0 Å². The molecule has 0 unspecified atom stereocenters. The van der Waals surface area contributed by atoms with Crippen molar-refractivity contribution in [3.8, 4) is 0 Å². The number of aryl methyl sites for hydroxylation is 2. The maximum atomic E-state index is 12.6. The highest BCUT2D eigenvalue weighted by Crippen LogP contribution is 2.12. The summed E-state index contributed by atoms with van der Waals surface area (Å²) < 4.78 is 26.7. The Kier molecular flexibility index (Phi) is 6.29. The van der Waals surface area contributed by atoms with Gasteiger partial charge in [-0.3, -0.25) is 4.79 Å². The zero-order chi connectivity index (χ0) is 19.3. The Hall–Kier alpha value is -2.18. The molecule has 2 aromatic rings. The summed E-state index contributed by atoms with van der Waals surface area (Å²) in [6, 6.07) is 17.6. The Morgan fingerprint density at radius 2 is 1.52 bits per heavy atom. The molecule has 0 saturated carbocycles. The molecular formula is C21H26N2O3S. The number of piperazine rings is 1. The zero-order valence-electron chi connectivity index (χ0n) is 15.7. The van der Waals surface area contributed by atoms with E-state index in [0.717, 1.165) is 11.1 Å². The van der Waals surface area contributed by atoms with Gasteiger partial charge in [-0.2, -0.15) is 4.31 Å². The topological polar surface area (TPSA) is 57.7 Å². The van der Waals surface area contributed by atoms with Gasteiger partial charge in [0.1, 0.15) is 0 Å². The maximum absolute atomic E-state index is 12.6. The minimum atomic E-state index is -3.30. The summed E-state index contributed by atoms with van der Waals surface area (Å²) in [6.45, 7) is 3.67. The van der Waals surface area contributed by atoms with E-state index in [1.165, 1.54) is 9.87 Å². The minimum Gasteiger partial charge on any atom is -0.340 e. The first kappa shape index (κ1) is 19.6. The van der Waals surface area contributed by atoms with Crippen LogP contribution in [0.25, 0.3) is 0 Å². The Labute approximate surface area is 161 Å². The summed E-state index contributed by atoms with van der Waals surface area (Å²) in [4.78, 5) is 14.2. The minimum absolute atomic E-state index is 0.0557. The number of amides is 1. The van der Waals surface area contributed by atoms with Crippen molar-refractivity contribution in [2.24, 2.45) is 0 Å². The molecule has 1 aliphatic heterocycles. The molecule has 0 aromatic heterocycles. The third-order valence-corrected chi connectivity index (χ3v) is 6.82. The van der Waals surface area contributed by atoms with Crippen LogP contribution in [0.1, 0.15) is 16.7 Å². The Balaban J connectivity index is 1.50. The van der Waals surface area contributed by atoms with E-state index in [2.05, 4.69) is 0 Å². The van der Waals surface area contributed by atoms with Crippen molar-refractivity contribution in [3.05, 3.63) is 71.3 Å². The molecule has 0 N–H and O–H groups in total. The van der Waals surface area contributed by atoms with Crippen molar-refractivity contribution < 1.29 is 13.2 Å². The monoisotopic (exact) mass is 386 g/mol. The molecule has 2 aromatic carbocycles. The first-order valence-corrected chi connectivity index (χ1v) is 10.9. The fourth-order valence-corrected chi connectivity index (χ4v) is 4.70. The van der Waals surface area contributed by atoms with Gasteiger partial charge in [-0.25, -0.2) is 8.42 Å². The number of nitrogens with zero attached hydrogens (tertiary/aromatic N) is 2. The zero-order valence-corrected chi connectivity index (χ0v) is 16.5. The van der Waals surface area contributed by atoms with Gasteiger partial charge in [0.05, 0.1) is 12.2 Å². The number of benzene rings is 2. The highest BCUT2D eigenvalue weighted by Gasteiger charge is 2.28. The van der Waals surface area contributed by atoms with E-state index in [-0.39, 0.29) is 11.7 Å². The number of hydrogen-bond donors (Lipinski definition) is 0. The summed E-state index contributed by atoms with van der Waals surface area (Å²) in [5, 5.41) is 0. The van der Waals surface area contributed by atoms with Crippen LogP contribution in [0.4, 0.5) is 0 Å². The number of rotatable bonds is 6. The average molecular weight is 387 g/mol. The van der Waals surface area contributed by atoms with Gasteiger partial charge in [0, 0.05) is 26.2 Å². The first-order chi connectivity index (χ1) is 12.9. The molecule has 0 radical (unpaired) electrons. The summed E-state index contributed by atoms with van der Waals surface area (Å²) >= 11 is 0. The van der Waals surface area contributed by atoms with E-state index in [1.807, 2.05) is 61.5 Å². The number of sulfonamides is 1. The van der Waals surface area contributed by atoms with Crippen LogP contribution >= 0.6 is 0 Å². The van der Waals surface area contributed by atoms with Gasteiger partial charge >= 0.3 is 0 Å².